The molecule has 0 amide bonds. The second-order valence-electron chi connectivity index (χ2n) is 8.03. The van der Waals surface area contributed by atoms with Crippen molar-refractivity contribution in [3.05, 3.63) is 78.0 Å². The molecule has 1 aromatic carbocycles. The van der Waals surface area contributed by atoms with Crippen LogP contribution in [0.2, 0.25) is 0 Å². The first kappa shape index (κ1) is 23.5. The van der Waals surface area contributed by atoms with Crippen molar-refractivity contribution < 1.29 is 0 Å². The molecule has 0 aliphatic rings. The standard InChI is InChI=1S/C25H35N7/c1-5-26-25(28-14-13-20(2)31(4)19-22-9-7-6-8-10-22)30-18-23-11-12-24(29-17-23)32-16-15-27-21(32)3/h6-12,15-17,20H,5,13-14,18-19H2,1-4H3,(H2,26,28,30). The zero-order valence-corrected chi connectivity index (χ0v) is 19.6. The van der Waals surface area contributed by atoms with E-state index in [1.165, 1.54) is 5.56 Å². The largest absolute Gasteiger partial charge is 0.357 e. The van der Waals surface area contributed by atoms with E-state index in [1.807, 2.05) is 30.0 Å². The first-order valence-electron chi connectivity index (χ1n) is 11.3. The number of hydrogen-bond donors (Lipinski definition) is 2. The zero-order chi connectivity index (χ0) is 22.8. The van der Waals surface area contributed by atoms with Crippen LogP contribution in [0.5, 0.6) is 0 Å². The minimum absolute atomic E-state index is 0.467. The number of pyridine rings is 1. The van der Waals surface area contributed by atoms with E-state index in [-0.39, 0.29) is 0 Å². The van der Waals surface area contributed by atoms with Crippen LogP contribution in [0, 0.1) is 6.92 Å². The summed E-state index contributed by atoms with van der Waals surface area (Å²) in [4.78, 5) is 15.9. The van der Waals surface area contributed by atoms with Crippen molar-refractivity contribution in [1.82, 2.24) is 30.1 Å². The molecule has 3 rings (SSSR count). The predicted octanol–water partition coefficient (Wildman–Crippen LogP) is 3.54. The molecule has 0 radical (unpaired) electrons. The molecule has 1 atom stereocenters. The van der Waals surface area contributed by atoms with Gasteiger partial charge in [-0.1, -0.05) is 36.4 Å². The predicted molar refractivity (Wildman–Crippen MR) is 131 cm³/mol. The molecule has 0 saturated heterocycles. The lowest BCUT2D eigenvalue weighted by Crippen LogP contribution is -2.40. The molecule has 1 unspecified atom stereocenters. The number of imidazole rings is 1. The highest BCUT2D eigenvalue weighted by atomic mass is 15.2. The topological polar surface area (TPSA) is 70.4 Å². The minimum Gasteiger partial charge on any atom is -0.357 e. The molecule has 0 aliphatic heterocycles. The molecule has 2 N–H and O–H groups in total. The highest BCUT2D eigenvalue weighted by Gasteiger charge is 2.10. The molecule has 3 aromatic rings. The Bertz CT molecular complexity index is 963. The van der Waals surface area contributed by atoms with Crippen molar-refractivity contribution in [2.24, 2.45) is 4.99 Å². The summed E-state index contributed by atoms with van der Waals surface area (Å²) in [5.74, 6) is 2.62. The van der Waals surface area contributed by atoms with Gasteiger partial charge in [-0.3, -0.25) is 9.47 Å². The summed E-state index contributed by atoms with van der Waals surface area (Å²) in [6, 6.07) is 15.1. The van der Waals surface area contributed by atoms with Crippen LogP contribution < -0.4 is 10.6 Å². The van der Waals surface area contributed by atoms with E-state index in [0.717, 1.165) is 49.2 Å². The van der Waals surface area contributed by atoms with E-state index in [2.05, 4.69) is 82.8 Å². The van der Waals surface area contributed by atoms with Gasteiger partial charge in [0.25, 0.3) is 0 Å². The Morgan fingerprint density at radius 3 is 2.56 bits per heavy atom. The highest BCUT2D eigenvalue weighted by molar-refractivity contribution is 5.79. The zero-order valence-electron chi connectivity index (χ0n) is 19.6. The van der Waals surface area contributed by atoms with Gasteiger partial charge in [0.05, 0.1) is 6.54 Å². The molecule has 0 bridgehead atoms. The molecule has 7 heteroatoms. The molecule has 0 saturated carbocycles. The van der Waals surface area contributed by atoms with Crippen LogP contribution in [0.3, 0.4) is 0 Å². The smallest absolute Gasteiger partial charge is 0.191 e. The maximum atomic E-state index is 4.72. The minimum atomic E-state index is 0.467. The maximum Gasteiger partial charge on any atom is 0.191 e. The summed E-state index contributed by atoms with van der Waals surface area (Å²) in [7, 11) is 2.18. The summed E-state index contributed by atoms with van der Waals surface area (Å²) >= 11 is 0. The Balaban J connectivity index is 1.48. The summed E-state index contributed by atoms with van der Waals surface area (Å²) in [6.07, 6.45) is 6.61. The van der Waals surface area contributed by atoms with Crippen molar-refractivity contribution >= 4 is 5.96 Å². The monoisotopic (exact) mass is 433 g/mol. The third-order valence-electron chi connectivity index (χ3n) is 5.53. The maximum absolute atomic E-state index is 4.72. The number of benzene rings is 1. The van der Waals surface area contributed by atoms with Crippen molar-refractivity contribution in [3.63, 3.8) is 0 Å². The molecule has 170 valence electrons. The van der Waals surface area contributed by atoms with Gasteiger partial charge in [0.1, 0.15) is 11.6 Å². The Morgan fingerprint density at radius 1 is 1.09 bits per heavy atom. The van der Waals surface area contributed by atoms with E-state index < -0.39 is 0 Å². The average molecular weight is 434 g/mol. The molecular weight excluding hydrogens is 398 g/mol. The van der Waals surface area contributed by atoms with Gasteiger partial charge in [0.15, 0.2) is 5.96 Å². The Labute approximate surface area is 191 Å². The Kier molecular flexibility index (Phi) is 8.80. The SMILES string of the molecule is CCNC(=NCc1ccc(-n2ccnc2C)nc1)NCCC(C)N(C)Cc1ccccc1. The lowest BCUT2D eigenvalue weighted by molar-refractivity contribution is 0.238. The van der Waals surface area contributed by atoms with Crippen LogP contribution in [0.1, 0.15) is 37.2 Å². The average Bonchev–Trinajstić information content (AvgIpc) is 3.24. The fourth-order valence-corrected chi connectivity index (χ4v) is 3.43. The molecule has 0 fully saturated rings. The lowest BCUT2D eigenvalue weighted by Gasteiger charge is -2.25. The molecule has 2 heterocycles. The second kappa shape index (κ2) is 12.0. The number of guanidine groups is 1. The highest BCUT2D eigenvalue weighted by Crippen LogP contribution is 2.10. The number of nitrogens with zero attached hydrogens (tertiary/aromatic N) is 5. The molecule has 0 spiro atoms. The molecule has 7 nitrogen and oxygen atoms in total. The van der Waals surface area contributed by atoms with Gasteiger partial charge in [0, 0.05) is 44.3 Å². The van der Waals surface area contributed by atoms with Gasteiger partial charge < -0.3 is 10.6 Å². The first-order valence-corrected chi connectivity index (χ1v) is 11.3. The molecule has 32 heavy (non-hydrogen) atoms. The van der Waals surface area contributed by atoms with E-state index in [4.69, 9.17) is 4.99 Å². The quantitative estimate of drug-likeness (QED) is 0.378. The van der Waals surface area contributed by atoms with E-state index >= 15 is 0 Å². The number of aliphatic imine (C=N–C) groups is 1. The van der Waals surface area contributed by atoms with E-state index in [1.54, 1.807) is 6.20 Å². The lowest BCUT2D eigenvalue weighted by atomic mass is 10.1. The van der Waals surface area contributed by atoms with Crippen molar-refractivity contribution in [3.8, 4) is 5.82 Å². The van der Waals surface area contributed by atoms with Crippen LogP contribution in [-0.2, 0) is 13.1 Å². The van der Waals surface area contributed by atoms with Crippen molar-refractivity contribution in [2.75, 3.05) is 20.1 Å². The van der Waals surface area contributed by atoms with Crippen LogP contribution >= 0.6 is 0 Å². The molecular formula is C25H35N7. The van der Waals surface area contributed by atoms with Gasteiger partial charge in [-0.15, -0.1) is 0 Å². The third-order valence-corrected chi connectivity index (χ3v) is 5.53. The number of aryl methyl sites for hydroxylation is 1. The van der Waals surface area contributed by atoms with Gasteiger partial charge >= 0.3 is 0 Å². The van der Waals surface area contributed by atoms with E-state index in [0.29, 0.717) is 12.6 Å². The fraction of sp³-hybridized carbons (Fsp3) is 0.400. The van der Waals surface area contributed by atoms with Crippen LogP contribution in [-0.4, -0.2) is 51.6 Å². The van der Waals surface area contributed by atoms with Gasteiger partial charge in [-0.25, -0.2) is 15.0 Å². The number of aromatic nitrogens is 3. The summed E-state index contributed by atoms with van der Waals surface area (Å²) in [5.41, 5.74) is 2.41. The van der Waals surface area contributed by atoms with Crippen molar-refractivity contribution in [2.45, 2.75) is 46.3 Å². The second-order valence-corrected chi connectivity index (χ2v) is 8.03. The number of rotatable bonds is 10. The molecule has 0 aliphatic carbocycles. The van der Waals surface area contributed by atoms with Crippen molar-refractivity contribution in [1.29, 1.82) is 0 Å². The number of hydrogen-bond acceptors (Lipinski definition) is 4. The first-order chi connectivity index (χ1) is 15.6. The fourth-order valence-electron chi connectivity index (χ4n) is 3.43. The van der Waals surface area contributed by atoms with Gasteiger partial charge in [-0.2, -0.15) is 0 Å². The Morgan fingerprint density at radius 2 is 1.91 bits per heavy atom. The van der Waals surface area contributed by atoms with Crippen LogP contribution in [0.25, 0.3) is 5.82 Å². The third kappa shape index (κ3) is 6.92. The summed E-state index contributed by atoms with van der Waals surface area (Å²) < 4.78 is 1.97. The van der Waals surface area contributed by atoms with Crippen LogP contribution in [0.4, 0.5) is 0 Å². The molecule has 2 aromatic heterocycles. The van der Waals surface area contributed by atoms with Gasteiger partial charge in [0.2, 0.25) is 0 Å². The van der Waals surface area contributed by atoms with Crippen LogP contribution in [0.15, 0.2) is 66.0 Å². The number of nitrogens with one attached hydrogen (secondary N) is 2. The Hall–Kier alpha value is -3.19. The summed E-state index contributed by atoms with van der Waals surface area (Å²) in [6.45, 7) is 9.54. The summed E-state index contributed by atoms with van der Waals surface area (Å²) in [5, 5.41) is 6.79. The van der Waals surface area contributed by atoms with E-state index in [9.17, 15) is 0 Å². The normalized spacial score (nSPS) is 12.7. The van der Waals surface area contributed by atoms with Gasteiger partial charge in [-0.05, 0) is 51.4 Å².